The minimum atomic E-state index is -0.945. The molecule has 4 N–H and O–H groups in total. The van der Waals surface area contributed by atoms with Gasteiger partial charge in [-0.2, -0.15) is 0 Å². The number of amides is 1. The third kappa shape index (κ3) is 2.04. The highest BCUT2D eigenvalue weighted by Crippen LogP contribution is 2.27. The second-order valence-electron chi connectivity index (χ2n) is 2.77. The Bertz CT molecular complexity index is 432. The molecule has 0 aliphatic carbocycles. The second-order valence-corrected chi connectivity index (χ2v) is 2.77. The van der Waals surface area contributed by atoms with Crippen molar-refractivity contribution in [1.29, 1.82) is 5.41 Å². The Balaban J connectivity index is 3.21. The van der Waals surface area contributed by atoms with Gasteiger partial charge in [-0.05, 0) is 6.07 Å². The van der Waals surface area contributed by atoms with Crippen molar-refractivity contribution < 1.29 is 19.4 Å². The number of phenols is 2. The lowest BCUT2D eigenvalue weighted by molar-refractivity contribution is -0.114. The molecule has 1 rings (SSSR count). The van der Waals surface area contributed by atoms with Crippen molar-refractivity contribution in [2.75, 3.05) is 7.05 Å². The molecule has 80 valence electrons. The highest BCUT2D eigenvalue weighted by atomic mass is 19.1. The number of hydrogen-bond donors (Lipinski definition) is 4. The van der Waals surface area contributed by atoms with Gasteiger partial charge in [0.1, 0.15) is 11.5 Å². The molecular formula is C9H9FN2O3. The van der Waals surface area contributed by atoms with Gasteiger partial charge in [-0.25, -0.2) is 4.39 Å². The number of phenolic OH excluding ortho intramolecular Hbond substituents is 2. The van der Waals surface area contributed by atoms with Crippen LogP contribution in [0.5, 0.6) is 11.5 Å². The molecule has 0 fully saturated rings. The summed E-state index contributed by atoms with van der Waals surface area (Å²) in [6.07, 6.45) is 0. The maximum absolute atomic E-state index is 13.2. The van der Waals surface area contributed by atoms with Crippen LogP contribution in [0.4, 0.5) is 4.39 Å². The summed E-state index contributed by atoms with van der Waals surface area (Å²) in [5, 5.41) is 27.5. The van der Waals surface area contributed by atoms with Crippen molar-refractivity contribution in [2.24, 2.45) is 0 Å². The minimum Gasteiger partial charge on any atom is -0.504 e. The molecule has 0 unspecified atom stereocenters. The first-order chi connectivity index (χ1) is 6.97. The molecule has 15 heavy (non-hydrogen) atoms. The fourth-order valence-corrected chi connectivity index (χ4v) is 0.990. The Kier molecular flexibility index (Phi) is 2.89. The maximum atomic E-state index is 13.2. The van der Waals surface area contributed by atoms with Crippen molar-refractivity contribution in [2.45, 2.75) is 0 Å². The Hall–Kier alpha value is -2.11. The van der Waals surface area contributed by atoms with Crippen molar-refractivity contribution in [3.63, 3.8) is 0 Å². The number of aromatic hydroxyl groups is 2. The van der Waals surface area contributed by atoms with Crippen LogP contribution in [-0.4, -0.2) is 28.9 Å². The van der Waals surface area contributed by atoms with E-state index >= 15 is 0 Å². The van der Waals surface area contributed by atoms with Crippen molar-refractivity contribution in [3.05, 3.63) is 23.5 Å². The predicted molar refractivity (Wildman–Crippen MR) is 50.6 cm³/mol. The molecule has 0 spiro atoms. The monoisotopic (exact) mass is 212 g/mol. The lowest BCUT2D eigenvalue weighted by Gasteiger charge is -2.05. The predicted octanol–water partition coefficient (Wildman–Crippen LogP) is 0.351. The largest absolute Gasteiger partial charge is 0.504 e. The van der Waals surface area contributed by atoms with Gasteiger partial charge in [-0.1, -0.05) is 0 Å². The number of carbonyl (C=O) groups excluding carboxylic acids is 1. The topological polar surface area (TPSA) is 93.4 Å². The summed E-state index contributed by atoms with van der Waals surface area (Å²) in [4.78, 5) is 11.0. The zero-order valence-corrected chi connectivity index (χ0v) is 7.84. The first-order valence-corrected chi connectivity index (χ1v) is 4.00. The lowest BCUT2D eigenvalue weighted by Crippen LogP contribution is -2.28. The van der Waals surface area contributed by atoms with Crippen LogP contribution in [0.3, 0.4) is 0 Å². The zero-order valence-electron chi connectivity index (χ0n) is 7.84. The standard InChI is InChI=1S/C9H9FN2O3/c1-12-9(15)8(11)4-2-6(13)7(14)3-5(4)10/h2-3,11,13-14H,1H3,(H,12,15). The van der Waals surface area contributed by atoms with E-state index in [0.717, 1.165) is 6.07 Å². The summed E-state index contributed by atoms with van der Waals surface area (Å²) >= 11 is 0. The highest BCUT2D eigenvalue weighted by molar-refractivity contribution is 6.44. The summed E-state index contributed by atoms with van der Waals surface area (Å²) in [5.41, 5.74) is -0.991. The number of carbonyl (C=O) groups is 1. The van der Waals surface area contributed by atoms with Crippen molar-refractivity contribution in [1.82, 2.24) is 5.32 Å². The van der Waals surface area contributed by atoms with Gasteiger partial charge in [0.15, 0.2) is 11.5 Å². The van der Waals surface area contributed by atoms with E-state index in [9.17, 15) is 9.18 Å². The molecule has 0 atom stereocenters. The Morgan fingerprint density at radius 2 is 1.93 bits per heavy atom. The molecule has 0 heterocycles. The Morgan fingerprint density at radius 1 is 1.40 bits per heavy atom. The van der Waals surface area contributed by atoms with Crippen LogP contribution in [0.1, 0.15) is 5.56 Å². The third-order valence-electron chi connectivity index (χ3n) is 1.79. The van der Waals surface area contributed by atoms with Gasteiger partial charge >= 0.3 is 0 Å². The summed E-state index contributed by atoms with van der Waals surface area (Å²) < 4.78 is 13.2. The molecule has 0 radical (unpaired) electrons. The molecule has 0 aliphatic heterocycles. The van der Waals surface area contributed by atoms with E-state index in [2.05, 4.69) is 5.32 Å². The number of benzene rings is 1. The molecule has 6 heteroatoms. The molecule has 0 aromatic heterocycles. The van der Waals surface area contributed by atoms with Gasteiger partial charge < -0.3 is 15.5 Å². The second kappa shape index (κ2) is 3.95. The number of rotatable bonds is 2. The summed E-state index contributed by atoms with van der Waals surface area (Å²) in [6, 6.07) is 1.46. The lowest BCUT2D eigenvalue weighted by atomic mass is 10.1. The minimum absolute atomic E-state index is 0.371. The van der Waals surface area contributed by atoms with Gasteiger partial charge in [0.2, 0.25) is 0 Å². The van der Waals surface area contributed by atoms with E-state index in [4.69, 9.17) is 15.6 Å². The smallest absolute Gasteiger partial charge is 0.269 e. The quantitative estimate of drug-likeness (QED) is 0.421. The van der Waals surface area contributed by atoms with E-state index in [1.54, 1.807) is 0 Å². The fraction of sp³-hybridized carbons (Fsp3) is 0.111. The Labute approximate surface area is 84.7 Å². The first kappa shape index (κ1) is 11.0. The van der Waals surface area contributed by atoms with Crippen LogP contribution in [-0.2, 0) is 4.79 Å². The van der Waals surface area contributed by atoms with E-state index < -0.39 is 28.9 Å². The van der Waals surface area contributed by atoms with E-state index in [1.807, 2.05) is 0 Å². The van der Waals surface area contributed by atoms with Crippen LogP contribution < -0.4 is 5.32 Å². The number of hydrogen-bond acceptors (Lipinski definition) is 4. The molecular weight excluding hydrogens is 203 g/mol. The third-order valence-corrected chi connectivity index (χ3v) is 1.79. The molecule has 1 aromatic rings. The summed E-state index contributed by atoms with van der Waals surface area (Å²) in [7, 11) is 1.30. The average molecular weight is 212 g/mol. The first-order valence-electron chi connectivity index (χ1n) is 4.00. The van der Waals surface area contributed by atoms with Crippen molar-refractivity contribution in [3.8, 4) is 11.5 Å². The van der Waals surface area contributed by atoms with Gasteiger partial charge in [0, 0.05) is 18.7 Å². The van der Waals surface area contributed by atoms with Crippen LogP contribution in [0.2, 0.25) is 0 Å². The number of nitrogens with one attached hydrogen (secondary N) is 2. The summed E-state index contributed by atoms with van der Waals surface area (Å²) in [5.74, 6) is -2.95. The molecule has 1 amide bonds. The molecule has 0 aliphatic rings. The van der Waals surface area contributed by atoms with Gasteiger partial charge in [-0.3, -0.25) is 10.2 Å². The van der Waals surface area contributed by atoms with Gasteiger partial charge in [-0.15, -0.1) is 0 Å². The van der Waals surface area contributed by atoms with E-state index in [1.165, 1.54) is 7.05 Å². The normalized spacial score (nSPS) is 9.73. The van der Waals surface area contributed by atoms with Crippen LogP contribution in [0, 0.1) is 11.2 Å². The van der Waals surface area contributed by atoms with Crippen LogP contribution >= 0.6 is 0 Å². The number of likely N-dealkylation sites (N-methyl/N-ethyl adjacent to an activating group) is 1. The fourth-order valence-electron chi connectivity index (χ4n) is 0.990. The number of halogens is 1. The van der Waals surface area contributed by atoms with E-state index in [0.29, 0.717) is 6.07 Å². The molecule has 5 nitrogen and oxygen atoms in total. The van der Waals surface area contributed by atoms with Crippen LogP contribution in [0.25, 0.3) is 0 Å². The summed E-state index contributed by atoms with van der Waals surface area (Å²) in [6.45, 7) is 0. The van der Waals surface area contributed by atoms with Crippen molar-refractivity contribution >= 4 is 11.6 Å². The molecule has 0 bridgehead atoms. The van der Waals surface area contributed by atoms with Gasteiger partial charge in [0.25, 0.3) is 5.91 Å². The molecule has 1 aromatic carbocycles. The zero-order chi connectivity index (χ0) is 11.6. The van der Waals surface area contributed by atoms with Crippen LogP contribution in [0.15, 0.2) is 12.1 Å². The molecule has 0 saturated carbocycles. The SMILES string of the molecule is CNC(=O)C(=N)c1cc(O)c(O)cc1F. The van der Waals surface area contributed by atoms with Gasteiger partial charge in [0.05, 0.1) is 0 Å². The average Bonchev–Trinajstić information content (AvgIpc) is 2.21. The Morgan fingerprint density at radius 3 is 2.47 bits per heavy atom. The molecule has 0 saturated heterocycles. The maximum Gasteiger partial charge on any atom is 0.269 e. The highest BCUT2D eigenvalue weighted by Gasteiger charge is 2.17. The van der Waals surface area contributed by atoms with E-state index in [-0.39, 0.29) is 5.56 Å².